The maximum atomic E-state index is 11.9. The molecule has 0 aromatic heterocycles. The first-order valence-corrected chi connectivity index (χ1v) is 6.38. The molecule has 0 unspecified atom stereocenters. The second-order valence-corrected chi connectivity index (χ2v) is 4.50. The van der Waals surface area contributed by atoms with Crippen LogP contribution in [0.5, 0.6) is 0 Å². The van der Waals surface area contributed by atoms with Crippen molar-refractivity contribution < 1.29 is 24.2 Å². The van der Waals surface area contributed by atoms with E-state index in [-0.39, 0.29) is 18.4 Å². The summed E-state index contributed by atoms with van der Waals surface area (Å²) in [7, 11) is 0. The molecule has 1 heterocycles. The smallest absolute Gasteiger partial charge is 0.325 e. The predicted octanol–water partition coefficient (Wildman–Crippen LogP) is -0.397. The van der Waals surface area contributed by atoms with Gasteiger partial charge in [-0.25, -0.2) is 0 Å². The topological polar surface area (TPSA) is 95.9 Å². The van der Waals surface area contributed by atoms with Gasteiger partial charge in [0, 0.05) is 0 Å². The monoisotopic (exact) mass is 272 g/mol. The third-order valence-corrected chi connectivity index (χ3v) is 3.03. The molecule has 7 nitrogen and oxygen atoms in total. The summed E-state index contributed by atoms with van der Waals surface area (Å²) in [6.07, 6.45) is 1.43. The molecule has 0 bridgehead atoms. The zero-order valence-corrected chi connectivity index (χ0v) is 11.2. The van der Waals surface area contributed by atoms with Crippen molar-refractivity contribution in [1.29, 1.82) is 0 Å². The van der Waals surface area contributed by atoms with Crippen molar-refractivity contribution in [3.05, 3.63) is 0 Å². The maximum Gasteiger partial charge on any atom is 0.325 e. The van der Waals surface area contributed by atoms with Gasteiger partial charge >= 0.3 is 11.9 Å². The number of hydrogen-bond acceptors (Lipinski definition) is 5. The molecular weight excluding hydrogens is 252 g/mol. The number of rotatable bonds is 6. The number of esters is 1. The Morgan fingerprint density at radius 2 is 2.16 bits per heavy atom. The lowest BCUT2D eigenvalue weighted by molar-refractivity contribution is -0.146. The first-order valence-electron chi connectivity index (χ1n) is 6.38. The van der Waals surface area contributed by atoms with Crippen LogP contribution in [-0.2, 0) is 19.1 Å². The van der Waals surface area contributed by atoms with Crippen molar-refractivity contribution in [3.8, 4) is 0 Å². The minimum absolute atomic E-state index is 0.0629. The lowest BCUT2D eigenvalue weighted by Gasteiger charge is -2.23. The van der Waals surface area contributed by atoms with Gasteiger partial charge in [0.1, 0.15) is 6.04 Å². The molecule has 7 heteroatoms. The number of nitrogens with zero attached hydrogens (tertiary/aromatic N) is 1. The molecule has 0 aromatic carbocycles. The van der Waals surface area contributed by atoms with E-state index in [9.17, 15) is 14.4 Å². The molecule has 0 aliphatic carbocycles. The van der Waals surface area contributed by atoms with E-state index in [4.69, 9.17) is 9.84 Å². The van der Waals surface area contributed by atoms with Crippen LogP contribution in [0.1, 0.15) is 26.7 Å². The number of hydrogen-bond donors (Lipinski definition) is 2. The van der Waals surface area contributed by atoms with E-state index in [1.54, 1.807) is 11.8 Å². The number of ether oxygens (including phenoxy) is 1. The highest BCUT2D eigenvalue weighted by atomic mass is 16.5. The maximum absolute atomic E-state index is 11.9. The molecular formula is C12H20N2O5. The lowest BCUT2D eigenvalue weighted by Crippen LogP contribution is -2.49. The molecule has 1 amide bonds. The van der Waals surface area contributed by atoms with Gasteiger partial charge in [-0.3, -0.25) is 19.3 Å². The fourth-order valence-electron chi connectivity index (χ4n) is 2.06. The Balaban J connectivity index is 2.53. The average molecular weight is 272 g/mol. The van der Waals surface area contributed by atoms with Gasteiger partial charge in [0.2, 0.25) is 5.91 Å². The largest absolute Gasteiger partial charge is 0.480 e. The van der Waals surface area contributed by atoms with Gasteiger partial charge in [0.25, 0.3) is 0 Å². The quantitative estimate of drug-likeness (QED) is 0.639. The fourth-order valence-corrected chi connectivity index (χ4v) is 2.06. The van der Waals surface area contributed by atoms with Gasteiger partial charge in [-0.1, -0.05) is 0 Å². The van der Waals surface area contributed by atoms with Crippen LogP contribution in [0.25, 0.3) is 0 Å². The Kier molecular flexibility index (Phi) is 5.75. The van der Waals surface area contributed by atoms with Gasteiger partial charge < -0.3 is 15.2 Å². The number of carboxylic acid groups (broad SMARTS) is 1. The van der Waals surface area contributed by atoms with Crippen molar-refractivity contribution in [2.75, 3.05) is 19.7 Å². The second-order valence-electron chi connectivity index (χ2n) is 4.50. The van der Waals surface area contributed by atoms with Crippen molar-refractivity contribution in [2.45, 2.75) is 38.8 Å². The first-order chi connectivity index (χ1) is 8.95. The highest BCUT2D eigenvalue weighted by Crippen LogP contribution is 2.17. The van der Waals surface area contributed by atoms with Crippen LogP contribution in [0.2, 0.25) is 0 Å². The van der Waals surface area contributed by atoms with E-state index >= 15 is 0 Å². The highest BCUT2D eigenvalue weighted by molar-refractivity contribution is 5.87. The molecule has 1 fully saturated rings. The molecule has 108 valence electrons. The Hall–Kier alpha value is -1.63. The Morgan fingerprint density at radius 1 is 1.47 bits per heavy atom. The molecule has 0 aromatic rings. The van der Waals surface area contributed by atoms with Crippen LogP contribution in [0.4, 0.5) is 0 Å². The third kappa shape index (κ3) is 4.51. The summed E-state index contributed by atoms with van der Waals surface area (Å²) < 4.78 is 4.84. The van der Waals surface area contributed by atoms with Gasteiger partial charge in [-0.05, 0) is 33.2 Å². The first kappa shape index (κ1) is 15.4. The van der Waals surface area contributed by atoms with Gasteiger partial charge in [0.15, 0.2) is 0 Å². The summed E-state index contributed by atoms with van der Waals surface area (Å²) in [5, 5.41) is 11.2. The van der Waals surface area contributed by atoms with E-state index in [0.717, 1.165) is 6.42 Å². The number of carbonyl (C=O) groups is 3. The number of likely N-dealkylation sites (tertiary alicyclic amines) is 1. The van der Waals surface area contributed by atoms with Gasteiger partial charge in [-0.2, -0.15) is 0 Å². The van der Waals surface area contributed by atoms with Gasteiger partial charge in [-0.15, -0.1) is 0 Å². The molecule has 0 spiro atoms. The van der Waals surface area contributed by atoms with Crippen LogP contribution < -0.4 is 5.32 Å². The molecule has 0 radical (unpaired) electrons. The van der Waals surface area contributed by atoms with Crippen LogP contribution in [0, 0.1) is 0 Å². The van der Waals surface area contributed by atoms with Crippen LogP contribution in [0.15, 0.2) is 0 Å². The number of nitrogens with one attached hydrogen (secondary N) is 1. The average Bonchev–Trinajstić information content (AvgIpc) is 2.77. The van der Waals surface area contributed by atoms with Gasteiger partial charge in [0.05, 0.1) is 19.2 Å². The number of amides is 1. The highest BCUT2D eigenvalue weighted by Gasteiger charge is 2.33. The third-order valence-electron chi connectivity index (χ3n) is 3.03. The zero-order chi connectivity index (χ0) is 14.4. The molecule has 19 heavy (non-hydrogen) atoms. The molecule has 2 atom stereocenters. The van der Waals surface area contributed by atoms with Crippen molar-refractivity contribution >= 4 is 17.8 Å². The summed E-state index contributed by atoms with van der Waals surface area (Å²) >= 11 is 0. The lowest BCUT2D eigenvalue weighted by atomic mass is 10.2. The molecule has 1 aliphatic rings. The Labute approximate surface area is 111 Å². The second kappa shape index (κ2) is 7.08. The normalized spacial score (nSPS) is 20.8. The Morgan fingerprint density at radius 3 is 2.74 bits per heavy atom. The van der Waals surface area contributed by atoms with Crippen molar-refractivity contribution in [2.24, 2.45) is 0 Å². The summed E-state index contributed by atoms with van der Waals surface area (Å²) in [4.78, 5) is 35.8. The minimum atomic E-state index is -1.08. The van der Waals surface area contributed by atoms with E-state index in [2.05, 4.69) is 5.32 Å². The summed E-state index contributed by atoms with van der Waals surface area (Å²) in [6.45, 7) is 4.14. The van der Waals surface area contributed by atoms with E-state index in [1.807, 2.05) is 0 Å². The van der Waals surface area contributed by atoms with Crippen molar-refractivity contribution in [3.63, 3.8) is 0 Å². The summed E-state index contributed by atoms with van der Waals surface area (Å²) in [6, 6.07) is -1.39. The number of carbonyl (C=O) groups excluding carboxylic acids is 2. The van der Waals surface area contributed by atoms with E-state index in [0.29, 0.717) is 19.6 Å². The van der Waals surface area contributed by atoms with Crippen LogP contribution in [0.3, 0.4) is 0 Å². The minimum Gasteiger partial charge on any atom is -0.480 e. The number of aliphatic carboxylic acids is 1. The molecule has 2 N–H and O–H groups in total. The molecule has 1 rings (SSSR count). The molecule has 0 saturated carbocycles. The SMILES string of the molecule is CCOC(=O)CN1CCC[C@H]1C(=O)N[C@@H](C)C(=O)O. The molecule has 1 saturated heterocycles. The fraction of sp³-hybridized carbons (Fsp3) is 0.750. The van der Waals surface area contributed by atoms with E-state index in [1.165, 1.54) is 6.92 Å². The van der Waals surface area contributed by atoms with Crippen LogP contribution >= 0.6 is 0 Å². The standard InChI is InChI=1S/C12H20N2O5/c1-3-19-10(15)7-14-6-4-5-9(14)11(16)13-8(2)12(17)18/h8-9H,3-7H2,1-2H3,(H,13,16)(H,17,18)/t8-,9-/m0/s1. The zero-order valence-electron chi connectivity index (χ0n) is 11.2. The number of carboxylic acids is 1. The summed E-state index contributed by atoms with van der Waals surface area (Å²) in [5.74, 6) is -1.80. The Bertz CT molecular complexity index is 358. The molecule has 1 aliphatic heterocycles. The van der Waals surface area contributed by atoms with E-state index < -0.39 is 18.1 Å². The predicted molar refractivity (Wildman–Crippen MR) is 66.5 cm³/mol. The van der Waals surface area contributed by atoms with Crippen molar-refractivity contribution in [1.82, 2.24) is 10.2 Å². The van der Waals surface area contributed by atoms with Crippen LogP contribution in [-0.4, -0.2) is 59.6 Å². The summed E-state index contributed by atoms with van der Waals surface area (Å²) in [5.41, 5.74) is 0.